The molecule has 0 radical (unpaired) electrons. The number of benzene rings is 1. The molecule has 27 heavy (non-hydrogen) atoms. The number of para-hydroxylation sites is 1. The molecule has 0 unspecified atom stereocenters. The average Bonchev–Trinajstić information content (AvgIpc) is 3.05. The quantitative estimate of drug-likeness (QED) is 0.700. The molecule has 1 fully saturated rings. The lowest BCUT2D eigenvalue weighted by Gasteiger charge is -2.27. The SMILES string of the molecule is C.CCCCc1nc2c(N)nc3ccccc3c2n1CCN1CCNCC1. The van der Waals surface area contributed by atoms with Gasteiger partial charge in [0.25, 0.3) is 0 Å². The molecule has 0 amide bonds. The third kappa shape index (κ3) is 3.92. The van der Waals surface area contributed by atoms with Crippen LogP contribution in [0.5, 0.6) is 0 Å². The van der Waals surface area contributed by atoms with E-state index in [1.807, 2.05) is 12.1 Å². The Bertz CT molecular complexity index is 894. The Morgan fingerprint density at radius 1 is 1.11 bits per heavy atom. The predicted molar refractivity (Wildman–Crippen MR) is 114 cm³/mol. The molecular formula is C21H32N6. The Morgan fingerprint density at radius 3 is 2.67 bits per heavy atom. The number of anilines is 1. The van der Waals surface area contributed by atoms with Crippen molar-refractivity contribution in [3.63, 3.8) is 0 Å². The summed E-state index contributed by atoms with van der Waals surface area (Å²) < 4.78 is 2.40. The maximum Gasteiger partial charge on any atom is 0.152 e. The first-order valence-corrected chi connectivity index (χ1v) is 9.74. The molecule has 0 saturated carbocycles. The molecule has 1 saturated heterocycles. The van der Waals surface area contributed by atoms with Crippen molar-refractivity contribution in [3.8, 4) is 0 Å². The summed E-state index contributed by atoms with van der Waals surface area (Å²) in [4.78, 5) is 12.0. The normalized spacial score (nSPS) is 15.3. The first-order valence-electron chi connectivity index (χ1n) is 9.74. The minimum atomic E-state index is 0. The van der Waals surface area contributed by atoms with Crippen molar-refractivity contribution in [2.75, 3.05) is 38.5 Å². The summed E-state index contributed by atoms with van der Waals surface area (Å²) in [5, 5.41) is 4.57. The second-order valence-corrected chi connectivity index (χ2v) is 7.09. The lowest BCUT2D eigenvalue weighted by molar-refractivity contribution is 0.232. The van der Waals surface area contributed by atoms with Crippen LogP contribution in [0, 0.1) is 0 Å². The van der Waals surface area contributed by atoms with Gasteiger partial charge in [0.05, 0.1) is 11.0 Å². The molecule has 2 aromatic heterocycles. The topological polar surface area (TPSA) is 72.0 Å². The highest BCUT2D eigenvalue weighted by atomic mass is 15.2. The highest BCUT2D eigenvalue weighted by Crippen LogP contribution is 2.29. The molecule has 4 rings (SSSR count). The molecule has 0 spiro atoms. The Balaban J connectivity index is 0.00000210. The zero-order chi connectivity index (χ0) is 17.9. The van der Waals surface area contributed by atoms with E-state index in [0.29, 0.717) is 5.82 Å². The lowest BCUT2D eigenvalue weighted by atomic mass is 10.2. The standard InChI is InChI=1S/C20H28N6.CH4/c1-2-3-8-17-24-18-19(15-6-4-5-7-16(15)23-20(18)21)26(17)14-13-25-11-9-22-10-12-25;/h4-7,22H,2-3,8-14H2,1H3,(H2,21,23);1H4. The third-order valence-electron chi connectivity index (χ3n) is 5.29. The predicted octanol–water partition coefficient (Wildman–Crippen LogP) is 3.05. The summed E-state index contributed by atoms with van der Waals surface area (Å²) in [7, 11) is 0. The smallest absolute Gasteiger partial charge is 0.152 e. The van der Waals surface area contributed by atoms with Crippen LogP contribution in [0.1, 0.15) is 33.0 Å². The Morgan fingerprint density at radius 2 is 1.89 bits per heavy atom. The highest BCUT2D eigenvalue weighted by molar-refractivity contribution is 6.06. The van der Waals surface area contributed by atoms with E-state index in [4.69, 9.17) is 10.7 Å². The number of nitrogens with one attached hydrogen (secondary N) is 1. The van der Waals surface area contributed by atoms with Gasteiger partial charge in [0.1, 0.15) is 11.3 Å². The summed E-state index contributed by atoms with van der Waals surface area (Å²) in [5.41, 5.74) is 9.22. The van der Waals surface area contributed by atoms with Gasteiger partial charge in [-0.15, -0.1) is 0 Å². The van der Waals surface area contributed by atoms with Crippen molar-refractivity contribution in [2.45, 2.75) is 40.2 Å². The fraction of sp³-hybridized carbons (Fsp3) is 0.524. The summed E-state index contributed by atoms with van der Waals surface area (Å²) in [6, 6.07) is 8.25. The van der Waals surface area contributed by atoms with E-state index in [1.165, 1.54) is 0 Å². The molecular weight excluding hydrogens is 336 g/mol. The molecule has 6 nitrogen and oxygen atoms in total. The van der Waals surface area contributed by atoms with Gasteiger partial charge in [-0.25, -0.2) is 9.97 Å². The van der Waals surface area contributed by atoms with Crippen LogP contribution < -0.4 is 11.1 Å². The molecule has 146 valence electrons. The van der Waals surface area contributed by atoms with Gasteiger partial charge in [0.15, 0.2) is 5.82 Å². The Kier molecular flexibility index (Phi) is 6.29. The van der Waals surface area contributed by atoms with Crippen LogP contribution in [0.15, 0.2) is 24.3 Å². The van der Waals surface area contributed by atoms with Gasteiger partial charge < -0.3 is 15.6 Å². The average molecular weight is 369 g/mol. The van der Waals surface area contributed by atoms with Crippen molar-refractivity contribution in [2.24, 2.45) is 0 Å². The summed E-state index contributed by atoms with van der Waals surface area (Å²) in [5.74, 6) is 1.68. The second-order valence-electron chi connectivity index (χ2n) is 7.09. The van der Waals surface area contributed by atoms with E-state index in [0.717, 1.165) is 86.3 Å². The van der Waals surface area contributed by atoms with Crippen molar-refractivity contribution in [1.29, 1.82) is 0 Å². The van der Waals surface area contributed by atoms with Crippen molar-refractivity contribution < 1.29 is 0 Å². The number of pyridine rings is 1. The van der Waals surface area contributed by atoms with Gasteiger partial charge >= 0.3 is 0 Å². The first-order chi connectivity index (χ1) is 12.8. The van der Waals surface area contributed by atoms with Crippen LogP contribution in [-0.2, 0) is 13.0 Å². The van der Waals surface area contributed by atoms with Crippen LogP contribution in [0.25, 0.3) is 21.9 Å². The van der Waals surface area contributed by atoms with Crippen molar-refractivity contribution in [3.05, 3.63) is 30.1 Å². The Labute approximate surface area is 161 Å². The number of piperazine rings is 1. The number of hydrogen-bond donors (Lipinski definition) is 2. The molecule has 3 heterocycles. The third-order valence-corrected chi connectivity index (χ3v) is 5.29. The maximum absolute atomic E-state index is 6.27. The van der Waals surface area contributed by atoms with E-state index in [9.17, 15) is 0 Å². The van der Waals surface area contributed by atoms with Crippen LogP contribution >= 0.6 is 0 Å². The molecule has 3 N–H and O–H groups in total. The number of imidazole rings is 1. The van der Waals surface area contributed by atoms with Gasteiger partial charge in [-0.1, -0.05) is 39.0 Å². The summed E-state index contributed by atoms with van der Waals surface area (Å²) >= 11 is 0. The van der Waals surface area contributed by atoms with Gasteiger partial charge in [-0.3, -0.25) is 4.90 Å². The van der Waals surface area contributed by atoms with Crippen LogP contribution in [0.2, 0.25) is 0 Å². The molecule has 1 aromatic carbocycles. The number of nitrogens with two attached hydrogens (primary N) is 1. The minimum absolute atomic E-state index is 0. The zero-order valence-corrected chi connectivity index (χ0v) is 15.5. The van der Waals surface area contributed by atoms with Gasteiger partial charge in [0.2, 0.25) is 0 Å². The fourth-order valence-electron chi connectivity index (χ4n) is 3.85. The molecule has 0 bridgehead atoms. The molecule has 0 atom stereocenters. The highest BCUT2D eigenvalue weighted by Gasteiger charge is 2.18. The number of fused-ring (bicyclic) bond motifs is 3. The van der Waals surface area contributed by atoms with Crippen LogP contribution in [-0.4, -0.2) is 52.2 Å². The summed E-state index contributed by atoms with van der Waals surface area (Å²) in [6.45, 7) is 8.59. The first kappa shape index (κ1) is 19.6. The minimum Gasteiger partial charge on any atom is -0.382 e. The number of aromatic nitrogens is 3. The number of unbranched alkanes of at least 4 members (excludes halogenated alkanes) is 1. The van der Waals surface area contributed by atoms with Gasteiger partial charge in [0, 0.05) is 51.1 Å². The second kappa shape index (κ2) is 8.67. The van der Waals surface area contributed by atoms with Crippen molar-refractivity contribution >= 4 is 27.8 Å². The molecule has 1 aliphatic heterocycles. The van der Waals surface area contributed by atoms with E-state index < -0.39 is 0 Å². The fourth-order valence-corrected chi connectivity index (χ4v) is 3.85. The number of rotatable bonds is 6. The number of aryl methyl sites for hydroxylation is 1. The van der Waals surface area contributed by atoms with Gasteiger partial charge in [-0.05, 0) is 12.5 Å². The number of hydrogen-bond acceptors (Lipinski definition) is 5. The lowest BCUT2D eigenvalue weighted by Crippen LogP contribution is -2.44. The Hall–Kier alpha value is -2.18. The number of nitrogen functional groups attached to an aromatic ring is 1. The molecule has 6 heteroatoms. The van der Waals surface area contributed by atoms with Crippen LogP contribution in [0.3, 0.4) is 0 Å². The largest absolute Gasteiger partial charge is 0.382 e. The van der Waals surface area contributed by atoms with Crippen LogP contribution in [0.4, 0.5) is 5.82 Å². The maximum atomic E-state index is 6.27. The van der Waals surface area contributed by atoms with E-state index in [-0.39, 0.29) is 7.43 Å². The molecule has 0 aliphatic carbocycles. The summed E-state index contributed by atoms with van der Waals surface area (Å²) in [6.07, 6.45) is 3.29. The van der Waals surface area contributed by atoms with E-state index in [2.05, 4.69) is 38.8 Å². The number of nitrogens with zero attached hydrogens (tertiary/aromatic N) is 4. The van der Waals surface area contributed by atoms with E-state index in [1.54, 1.807) is 0 Å². The van der Waals surface area contributed by atoms with E-state index >= 15 is 0 Å². The van der Waals surface area contributed by atoms with Crippen molar-refractivity contribution in [1.82, 2.24) is 24.8 Å². The van der Waals surface area contributed by atoms with Gasteiger partial charge in [-0.2, -0.15) is 0 Å². The monoisotopic (exact) mass is 368 g/mol. The molecule has 3 aromatic rings. The zero-order valence-electron chi connectivity index (χ0n) is 15.5. The molecule has 1 aliphatic rings.